The third kappa shape index (κ3) is 3.80. The number of benzene rings is 1. The average Bonchev–Trinajstić information content (AvgIpc) is 2.82. The summed E-state index contributed by atoms with van der Waals surface area (Å²) < 4.78 is 5.12. The van der Waals surface area contributed by atoms with Crippen molar-refractivity contribution in [3.8, 4) is 0 Å². The second-order valence-electron chi connectivity index (χ2n) is 5.41. The normalized spacial score (nSPS) is 14.0. The van der Waals surface area contributed by atoms with E-state index in [0.717, 1.165) is 16.6 Å². The van der Waals surface area contributed by atoms with Crippen molar-refractivity contribution < 1.29 is 14.6 Å². The molecular formula is C15H21N3O3. The summed E-state index contributed by atoms with van der Waals surface area (Å²) in [5.74, 6) is -0.127. The maximum Gasteiger partial charge on any atom is 0.226 e. The maximum atomic E-state index is 12.2. The van der Waals surface area contributed by atoms with E-state index in [1.165, 1.54) is 0 Å². The van der Waals surface area contributed by atoms with Gasteiger partial charge >= 0.3 is 0 Å². The Kier molecular flexibility index (Phi) is 4.93. The molecule has 0 saturated carbocycles. The fraction of sp³-hybridized carbons (Fsp3) is 0.467. The first-order valence-corrected chi connectivity index (χ1v) is 6.91. The number of methoxy groups -OCH3 is 1. The summed E-state index contributed by atoms with van der Waals surface area (Å²) in [7, 11) is 1.57. The molecule has 0 bridgehead atoms. The number of carbonyl (C=O) groups is 1. The molecule has 0 aliphatic heterocycles. The van der Waals surface area contributed by atoms with E-state index in [1.54, 1.807) is 7.11 Å². The molecule has 1 atom stereocenters. The number of rotatable bonds is 7. The second-order valence-corrected chi connectivity index (χ2v) is 5.41. The van der Waals surface area contributed by atoms with Crippen molar-refractivity contribution in [2.75, 3.05) is 20.3 Å². The van der Waals surface area contributed by atoms with E-state index in [-0.39, 0.29) is 18.9 Å². The molecule has 1 heterocycles. The van der Waals surface area contributed by atoms with Crippen LogP contribution in [0.5, 0.6) is 0 Å². The number of aliphatic hydroxyl groups is 1. The highest BCUT2D eigenvalue weighted by Crippen LogP contribution is 2.16. The third-order valence-electron chi connectivity index (χ3n) is 3.45. The van der Waals surface area contributed by atoms with Gasteiger partial charge in [0.2, 0.25) is 5.91 Å². The number of nitrogens with one attached hydrogen (secondary N) is 2. The number of hydrogen-bond acceptors (Lipinski definition) is 4. The first kappa shape index (κ1) is 15.5. The fourth-order valence-corrected chi connectivity index (χ4v) is 2.43. The minimum Gasteiger partial charge on any atom is -0.396 e. The quantitative estimate of drug-likeness (QED) is 0.710. The van der Waals surface area contributed by atoms with Crippen LogP contribution in [0.3, 0.4) is 0 Å². The van der Waals surface area contributed by atoms with Gasteiger partial charge in [0.1, 0.15) is 0 Å². The minimum atomic E-state index is -0.573. The van der Waals surface area contributed by atoms with Crippen LogP contribution < -0.4 is 5.32 Å². The fourth-order valence-electron chi connectivity index (χ4n) is 2.43. The van der Waals surface area contributed by atoms with Gasteiger partial charge in [-0.3, -0.25) is 9.89 Å². The zero-order chi connectivity index (χ0) is 15.3. The predicted molar refractivity (Wildman–Crippen MR) is 79.9 cm³/mol. The van der Waals surface area contributed by atoms with Crippen molar-refractivity contribution in [2.24, 2.45) is 0 Å². The molecule has 1 amide bonds. The van der Waals surface area contributed by atoms with Crippen LogP contribution in [0, 0.1) is 0 Å². The lowest BCUT2D eigenvalue weighted by molar-refractivity contribution is -0.123. The molecule has 114 valence electrons. The van der Waals surface area contributed by atoms with Crippen molar-refractivity contribution in [3.05, 3.63) is 30.0 Å². The van der Waals surface area contributed by atoms with Gasteiger partial charge in [0.25, 0.3) is 0 Å². The smallest absolute Gasteiger partial charge is 0.226 e. The van der Waals surface area contributed by atoms with Gasteiger partial charge < -0.3 is 15.2 Å². The lowest BCUT2D eigenvalue weighted by Gasteiger charge is -2.29. The molecule has 2 rings (SSSR count). The number of ether oxygens (including phenoxy) is 1. The number of hydrogen-bond donors (Lipinski definition) is 3. The molecule has 6 heteroatoms. The van der Waals surface area contributed by atoms with E-state index >= 15 is 0 Å². The van der Waals surface area contributed by atoms with Gasteiger partial charge in [0.05, 0.1) is 29.8 Å². The Morgan fingerprint density at radius 2 is 2.24 bits per heavy atom. The van der Waals surface area contributed by atoms with Crippen molar-refractivity contribution in [1.29, 1.82) is 0 Å². The Balaban J connectivity index is 2.07. The first-order valence-electron chi connectivity index (χ1n) is 6.91. The molecule has 6 nitrogen and oxygen atoms in total. The van der Waals surface area contributed by atoms with Crippen LogP contribution in [0.1, 0.15) is 19.0 Å². The van der Waals surface area contributed by atoms with Gasteiger partial charge in [-0.1, -0.05) is 18.2 Å². The van der Waals surface area contributed by atoms with Crippen molar-refractivity contribution in [1.82, 2.24) is 15.5 Å². The number of aromatic amines is 1. The van der Waals surface area contributed by atoms with Crippen LogP contribution in [0.4, 0.5) is 0 Å². The highest BCUT2D eigenvalue weighted by molar-refractivity contribution is 5.87. The maximum absolute atomic E-state index is 12.2. The summed E-state index contributed by atoms with van der Waals surface area (Å²) in [4.78, 5) is 12.2. The van der Waals surface area contributed by atoms with E-state index in [9.17, 15) is 4.79 Å². The third-order valence-corrected chi connectivity index (χ3v) is 3.45. The summed E-state index contributed by atoms with van der Waals surface area (Å²) in [5, 5.41) is 20.1. The van der Waals surface area contributed by atoms with E-state index in [4.69, 9.17) is 9.84 Å². The van der Waals surface area contributed by atoms with Gasteiger partial charge in [-0.25, -0.2) is 0 Å². The molecule has 0 saturated heterocycles. The van der Waals surface area contributed by atoms with Gasteiger partial charge in [0.15, 0.2) is 0 Å². The Morgan fingerprint density at radius 3 is 2.95 bits per heavy atom. The predicted octanol–water partition coefficient (Wildman–Crippen LogP) is 1.01. The molecule has 2 aromatic rings. The largest absolute Gasteiger partial charge is 0.396 e. The molecule has 3 N–H and O–H groups in total. The zero-order valence-electron chi connectivity index (χ0n) is 12.3. The van der Waals surface area contributed by atoms with Gasteiger partial charge in [-0.15, -0.1) is 0 Å². The first-order chi connectivity index (χ1) is 10.1. The van der Waals surface area contributed by atoms with Gasteiger partial charge in [-0.2, -0.15) is 5.10 Å². The average molecular weight is 291 g/mol. The highest BCUT2D eigenvalue weighted by atomic mass is 16.5. The van der Waals surface area contributed by atoms with Crippen LogP contribution in [0.15, 0.2) is 24.3 Å². The summed E-state index contributed by atoms with van der Waals surface area (Å²) in [6, 6.07) is 7.65. The molecule has 1 aromatic carbocycles. The number of aliphatic hydroxyl groups excluding tert-OH is 1. The number of H-pyrrole nitrogens is 1. The number of aromatic nitrogens is 2. The topological polar surface area (TPSA) is 87.2 Å². The summed E-state index contributed by atoms with van der Waals surface area (Å²) in [6.07, 6.45) is 0.654. The molecule has 1 aromatic heterocycles. The molecule has 0 aliphatic rings. The van der Waals surface area contributed by atoms with E-state index < -0.39 is 5.54 Å². The van der Waals surface area contributed by atoms with E-state index in [0.29, 0.717) is 13.0 Å². The van der Waals surface area contributed by atoms with E-state index in [2.05, 4.69) is 15.5 Å². The van der Waals surface area contributed by atoms with Crippen LogP contribution in [-0.2, 0) is 16.0 Å². The molecule has 0 aliphatic carbocycles. The van der Waals surface area contributed by atoms with Crippen molar-refractivity contribution >= 4 is 16.8 Å². The zero-order valence-corrected chi connectivity index (χ0v) is 12.3. The number of fused-ring (bicyclic) bond motifs is 1. The standard InChI is InChI=1S/C15H21N3O3/c1-15(7-8-19,10-21-2)16-14(20)9-13-11-5-3-4-6-12(11)17-18-13/h3-6,19H,7-10H2,1-2H3,(H,16,20)(H,17,18). The van der Waals surface area contributed by atoms with Crippen molar-refractivity contribution in [3.63, 3.8) is 0 Å². The van der Waals surface area contributed by atoms with Gasteiger partial charge in [0, 0.05) is 19.1 Å². The molecular weight excluding hydrogens is 270 g/mol. The molecule has 0 radical (unpaired) electrons. The number of nitrogens with zero attached hydrogens (tertiary/aromatic N) is 1. The SMILES string of the molecule is COCC(C)(CCO)NC(=O)Cc1[nH]nc2ccccc12. The minimum absolute atomic E-state index is 0.00682. The van der Waals surface area contributed by atoms with Crippen molar-refractivity contribution in [2.45, 2.75) is 25.3 Å². The second kappa shape index (κ2) is 6.69. The number of amides is 1. The van der Waals surface area contributed by atoms with Crippen LogP contribution in [0.2, 0.25) is 0 Å². The Morgan fingerprint density at radius 1 is 1.48 bits per heavy atom. The monoisotopic (exact) mass is 291 g/mol. The Bertz CT molecular complexity index is 603. The molecule has 1 unspecified atom stereocenters. The highest BCUT2D eigenvalue weighted by Gasteiger charge is 2.26. The summed E-state index contributed by atoms with van der Waals surface area (Å²) in [6.45, 7) is 2.20. The molecule has 0 fully saturated rings. The van der Waals surface area contributed by atoms with Gasteiger partial charge in [-0.05, 0) is 19.4 Å². The Labute approximate surface area is 123 Å². The summed E-state index contributed by atoms with van der Waals surface area (Å²) >= 11 is 0. The lowest BCUT2D eigenvalue weighted by atomic mass is 9.99. The van der Waals surface area contributed by atoms with E-state index in [1.807, 2.05) is 31.2 Å². The molecule has 21 heavy (non-hydrogen) atoms. The van der Waals surface area contributed by atoms with Crippen LogP contribution >= 0.6 is 0 Å². The summed E-state index contributed by atoms with van der Waals surface area (Å²) in [5.41, 5.74) is 1.05. The van der Waals surface area contributed by atoms with Crippen LogP contribution in [0.25, 0.3) is 10.9 Å². The molecule has 0 spiro atoms. The number of para-hydroxylation sites is 1. The Hall–Kier alpha value is -1.92. The number of carbonyl (C=O) groups excluding carboxylic acids is 1. The lowest BCUT2D eigenvalue weighted by Crippen LogP contribution is -2.50. The van der Waals surface area contributed by atoms with Crippen LogP contribution in [-0.4, -0.2) is 47.1 Å².